The van der Waals surface area contributed by atoms with Gasteiger partial charge in [0.2, 0.25) is 0 Å². The normalized spacial score (nSPS) is 10.6. The van der Waals surface area contributed by atoms with Crippen LogP contribution in [0.15, 0.2) is 36.4 Å². The zero-order valence-electron chi connectivity index (χ0n) is 13.6. The largest absolute Gasteiger partial charge is 0.497 e. The molecule has 3 rings (SSSR count). The van der Waals surface area contributed by atoms with E-state index in [1.54, 1.807) is 28.4 Å². The van der Waals surface area contributed by atoms with Gasteiger partial charge in [0.1, 0.15) is 23.0 Å². The van der Waals surface area contributed by atoms with E-state index in [1.165, 1.54) is 0 Å². The number of ether oxygens (including phenoxy) is 4. The van der Waals surface area contributed by atoms with E-state index in [1.807, 2.05) is 36.4 Å². The van der Waals surface area contributed by atoms with Gasteiger partial charge in [0.25, 0.3) is 0 Å². The number of nitrogens with one attached hydrogen (secondary N) is 1. The minimum atomic E-state index is 0.730. The van der Waals surface area contributed by atoms with Gasteiger partial charge in [-0.15, -0.1) is 0 Å². The van der Waals surface area contributed by atoms with E-state index in [2.05, 4.69) is 4.98 Å². The van der Waals surface area contributed by atoms with Crippen molar-refractivity contribution < 1.29 is 18.9 Å². The highest BCUT2D eigenvalue weighted by molar-refractivity contribution is 5.95. The maximum absolute atomic E-state index is 5.49. The summed E-state index contributed by atoms with van der Waals surface area (Å²) in [7, 11) is 6.58. The molecule has 0 fully saturated rings. The Labute approximate surface area is 134 Å². The van der Waals surface area contributed by atoms with E-state index in [0.717, 1.165) is 45.2 Å². The maximum atomic E-state index is 5.49. The van der Waals surface area contributed by atoms with Gasteiger partial charge in [0, 0.05) is 17.0 Å². The van der Waals surface area contributed by atoms with Gasteiger partial charge in [-0.2, -0.15) is 0 Å². The zero-order chi connectivity index (χ0) is 16.4. The van der Waals surface area contributed by atoms with E-state index >= 15 is 0 Å². The molecule has 0 aliphatic rings. The molecule has 2 aromatic carbocycles. The Morgan fingerprint density at radius 2 is 1.39 bits per heavy atom. The van der Waals surface area contributed by atoms with Gasteiger partial charge in [-0.1, -0.05) is 0 Å². The number of hydrogen-bond donors (Lipinski definition) is 1. The van der Waals surface area contributed by atoms with Crippen LogP contribution in [0.3, 0.4) is 0 Å². The van der Waals surface area contributed by atoms with Crippen LogP contribution in [0.1, 0.15) is 0 Å². The van der Waals surface area contributed by atoms with Crippen LogP contribution in [-0.2, 0) is 0 Å². The van der Waals surface area contributed by atoms with Gasteiger partial charge in [-0.25, -0.2) is 0 Å². The van der Waals surface area contributed by atoms with Crippen LogP contribution in [0, 0.1) is 0 Å². The smallest absolute Gasteiger partial charge is 0.143 e. The van der Waals surface area contributed by atoms with Crippen LogP contribution in [0.4, 0.5) is 0 Å². The number of benzene rings is 2. The van der Waals surface area contributed by atoms with Crippen LogP contribution in [-0.4, -0.2) is 33.4 Å². The first-order chi connectivity index (χ1) is 11.2. The van der Waals surface area contributed by atoms with E-state index in [-0.39, 0.29) is 0 Å². The predicted molar refractivity (Wildman–Crippen MR) is 89.9 cm³/mol. The summed E-state index contributed by atoms with van der Waals surface area (Å²) in [6.07, 6.45) is 0. The van der Waals surface area contributed by atoms with Gasteiger partial charge < -0.3 is 23.9 Å². The molecule has 0 spiro atoms. The van der Waals surface area contributed by atoms with Crippen LogP contribution in [0.2, 0.25) is 0 Å². The second-order valence-corrected chi connectivity index (χ2v) is 5.01. The second kappa shape index (κ2) is 6.12. The number of hydrogen-bond acceptors (Lipinski definition) is 4. The molecule has 0 saturated heterocycles. The Hall–Kier alpha value is -2.82. The third-order valence-corrected chi connectivity index (χ3v) is 3.85. The average Bonchev–Trinajstić information content (AvgIpc) is 3.05. The summed E-state index contributed by atoms with van der Waals surface area (Å²) in [5, 5.41) is 0.958. The van der Waals surface area contributed by atoms with Crippen LogP contribution in [0.25, 0.3) is 22.2 Å². The highest BCUT2D eigenvalue weighted by atomic mass is 16.5. The SMILES string of the molecule is COc1ccc(-c2cc3c(OC)ccc(OC)c3[nH]2)c(OC)c1. The fourth-order valence-corrected chi connectivity index (χ4v) is 2.68. The third kappa shape index (κ3) is 2.54. The van der Waals surface area contributed by atoms with Gasteiger partial charge in [-0.05, 0) is 30.3 Å². The molecule has 0 saturated carbocycles. The lowest BCUT2D eigenvalue weighted by Gasteiger charge is -2.09. The van der Waals surface area contributed by atoms with Crippen molar-refractivity contribution in [1.29, 1.82) is 0 Å². The van der Waals surface area contributed by atoms with Crippen molar-refractivity contribution in [2.24, 2.45) is 0 Å². The van der Waals surface area contributed by atoms with Crippen LogP contribution < -0.4 is 18.9 Å². The molecule has 0 aliphatic carbocycles. The molecular weight excluding hydrogens is 294 g/mol. The number of aromatic nitrogens is 1. The van der Waals surface area contributed by atoms with Crippen molar-refractivity contribution in [2.45, 2.75) is 0 Å². The average molecular weight is 313 g/mol. The number of methoxy groups -OCH3 is 4. The molecule has 0 radical (unpaired) electrons. The Kier molecular flexibility index (Phi) is 4.02. The molecule has 5 nitrogen and oxygen atoms in total. The van der Waals surface area contributed by atoms with Crippen molar-refractivity contribution in [1.82, 2.24) is 4.98 Å². The quantitative estimate of drug-likeness (QED) is 0.777. The van der Waals surface area contributed by atoms with E-state index < -0.39 is 0 Å². The van der Waals surface area contributed by atoms with E-state index in [0.29, 0.717) is 0 Å². The molecule has 0 amide bonds. The molecule has 5 heteroatoms. The minimum absolute atomic E-state index is 0.730. The number of H-pyrrole nitrogens is 1. The van der Waals surface area contributed by atoms with Crippen LogP contribution >= 0.6 is 0 Å². The number of fused-ring (bicyclic) bond motifs is 1. The summed E-state index contributed by atoms with van der Waals surface area (Å²) in [5.41, 5.74) is 2.75. The molecule has 0 bridgehead atoms. The lowest BCUT2D eigenvalue weighted by atomic mass is 10.1. The summed E-state index contributed by atoms with van der Waals surface area (Å²) in [6.45, 7) is 0. The first-order valence-electron chi connectivity index (χ1n) is 7.18. The Morgan fingerprint density at radius 3 is 2.04 bits per heavy atom. The van der Waals surface area contributed by atoms with Crippen molar-refractivity contribution >= 4 is 10.9 Å². The molecule has 0 unspecified atom stereocenters. The molecule has 0 aliphatic heterocycles. The maximum Gasteiger partial charge on any atom is 0.143 e. The Bertz CT molecular complexity index is 797. The minimum Gasteiger partial charge on any atom is -0.497 e. The highest BCUT2D eigenvalue weighted by Crippen LogP contribution is 2.39. The van der Waals surface area contributed by atoms with Crippen molar-refractivity contribution in [3.8, 4) is 34.3 Å². The molecular formula is C18H19NO4. The lowest BCUT2D eigenvalue weighted by molar-refractivity contribution is 0.395. The fraction of sp³-hybridized carbons (Fsp3) is 0.222. The lowest BCUT2D eigenvalue weighted by Crippen LogP contribution is -1.90. The molecule has 1 N–H and O–H groups in total. The summed E-state index contributed by atoms with van der Waals surface area (Å²) >= 11 is 0. The van der Waals surface area contributed by atoms with E-state index in [9.17, 15) is 0 Å². The molecule has 1 heterocycles. The molecule has 23 heavy (non-hydrogen) atoms. The zero-order valence-corrected chi connectivity index (χ0v) is 13.6. The Balaban J connectivity index is 2.21. The van der Waals surface area contributed by atoms with Gasteiger partial charge >= 0.3 is 0 Å². The van der Waals surface area contributed by atoms with Crippen molar-refractivity contribution in [3.63, 3.8) is 0 Å². The third-order valence-electron chi connectivity index (χ3n) is 3.85. The molecule has 120 valence electrons. The van der Waals surface area contributed by atoms with Gasteiger partial charge in [0.05, 0.1) is 39.6 Å². The summed E-state index contributed by atoms with van der Waals surface area (Å²) in [5.74, 6) is 3.03. The summed E-state index contributed by atoms with van der Waals surface area (Å²) in [4.78, 5) is 3.39. The van der Waals surface area contributed by atoms with E-state index in [4.69, 9.17) is 18.9 Å². The Morgan fingerprint density at radius 1 is 0.696 bits per heavy atom. The number of aromatic amines is 1. The fourth-order valence-electron chi connectivity index (χ4n) is 2.68. The first kappa shape index (κ1) is 15.1. The first-order valence-corrected chi connectivity index (χ1v) is 7.18. The molecule has 1 aromatic heterocycles. The summed E-state index contributed by atoms with van der Waals surface area (Å²) in [6, 6.07) is 11.5. The predicted octanol–water partition coefficient (Wildman–Crippen LogP) is 3.87. The van der Waals surface area contributed by atoms with Crippen LogP contribution in [0.5, 0.6) is 23.0 Å². The number of rotatable bonds is 5. The monoisotopic (exact) mass is 313 g/mol. The highest BCUT2D eigenvalue weighted by Gasteiger charge is 2.15. The standard InChI is InChI=1S/C18H19NO4/c1-20-11-5-6-12(17(9-11)23-4)14-10-13-15(21-2)7-8-16(22-3)18(13)19-14/h5-10,19H,1-4H3. The second-order valence-electron chi connectivity index (χ2n) is 5.01. The topological polar surface area (TPSA) is 52.7 Å². The van der Waals surface area contributed by atoms with Gasteiger partial charge in [0.15, 0.2) is 0 Å². The van der Waals surface area contributed by atoms with Gasteiger partial charge in [-0.3, -0.25) is 0 Å². The molecule has 3 aromatic rings. The summed E-state index contributed by atoms with van der Waals surface area (Å²) < 4.78 is 21.6. The van der Waals surface area contributed by atoms with Crippen molar-refractivity contribution in [3.05, 3.63) is 36.4 Å². The van der Waals surface area contributed by atoms with Crippen molar-refractivity contribution in [2.75, 3.05) is 28.4 Å². The molecule has 0 atom stereocenters.